The van der Waals surface area contributed by atoms with Crippen LogP contribution in [0.2, 0.25) is 0 Å². The van der Waals surface area contributed by atoms with E-state index < -0.39 is 15.9 Å². The first kappa shape index (κ1) is 28.7. The van der Waals surface area contributed by atoms with Gasteiger partial charge in [0.25, 0.3) is 5.91 Å². The molecule has 1 N–H and O–H groups in total. The Morgan fingerprint density at radius 2 is 1.83 bits per heavy atom. The first-order valence-electron chi connectivity index (χ1n) is 12.7. The highest BCUT2D eigenvalue weighted by atomic mass is 32.2. The molecular formula is C30H26N6O4S2. The van der Waals surface area contributed by atoms with Gasteiger partial charge in [0, 0.05) is 35.6 Å². The summed E-state index contributed by atoms with van der Waals surface area (Å²) >= 11 is 1.23. The van der Waals surface area contributed by atoms with Gasteiger partial charge in [-0.3, -0.25) is 19.4 Å². The minimum atomic E-state index is -3.39. The van der Waals surface area contributed by atoms with Crippen LogP contribution in [0.15, 0.2) is 60.8 Å². The maximum Gasteiger partial charge on any atom is 0.259 e. The smallest absolute Gasteiger partial charge is 0.259 e. The van der Waals surface area contributed by atoms with E-state index in [1.165, 1.54) is 36.0 Å². The first-order chi connectivity index (χ1) is 20.0. The van der Waals surface area contributed by atoms with Gasteiger partial charge < -0.3 is 4.74 Å². The van der Waals surface area contributed by atoms with Gasteiger partial charge in [-0.2, -0.15) is 5.26 Å². The van der Waals surface area contributed by atoms with Crippen molar-refractivity contribution in [3.63, 3.8) is 0 Å². The third kappa shape index (κ3) is 5.65. The summed E-state index contributed by atoms with van der Waals surface area (Å²) in [6, 6.07) is 18.1. The fraction of sp³-hybridized carbons (Fsp3) is 0.167. The molecule has 3 heterocycles. The van der Waals surface area contributed by atoms with Crippen molar-refractivity contribution in [1.29, 1.82) is 5.26 Å². The van der Waals surface area contributed by atoms with Crippen LogP contribution in [0, 0.1) is 25.2 Å². The predicted molar refractivity (Wildman–Crippen MR) is 164 cm³/mol. The zero-order valence-corrected chi connectivity index (χ0v) is 25.1. The SMILES string of the molecule is COc1ccc(C#N)cc1-c1cc(C)ncc1C(=O)Nc1nc2ccc(-c3ccc(N(C)S(C)(=O)=O)c(C)c3)nc2s1. The van der Waals surface area contributed by atoms with Gasteiger partial charge in [0.2, 0.25) is 10.0 Å². The van der Waals surface area contributed by atoms with Gasteiger partial charge in [-0.05, 0) is 67.9 Å². The number of sulfonamides is 1. The van der Waals surface area contributed by atoms with Crippen LogP contribution in [0.4, 0.5) is 10.8 Å². The Bertz CT molecular complexity index is 2010. The van der Waals surface area contributed by atoms with Crippen molar-refractivity contribution < 1.29 is 17.9 Å². The summed E-state index contributed by atoms with van der Waals surface area (Å²) in [6.45, 7) is 3.67. The summed E-state index contributed by atoms with van der Waals surface area (Å²) in [7, 11) is -0.335. The van der Waals surface area contributed by atoms with Gasteiger partial charge in [-0.25, -0.2) is 18.4 Å². The van der Waals surface area contributed by atoms with Crippen LogP contribution in [0.3, 0.4) is 0 Å². The molecular weight excluding hydrogens is 573 g/mol. The number of carbonyl (C=O) groups excluding carboxylic acids is 1. The average Bonchev–Trinajstić information content (AvgIpc) is 3.37. The van der Waals surface area contributed by atoms with Crippen LogP contribution >= 0.6 is 11.3 Å². The third-order valence-corrected chi connectivity index (χ3v) is 8.78. The average molecular weight is 599 g/mol. The van der Waals surface area contributed by atoms with Crippen LogP contribution in [-0.4, -0.2) is 49.7 Å². The van der Waals surface area contributed by atoms with E-state index in [1.807, 2.05) is 38.1 Å². The number of carbonyl (C=O) groups is 1. The number of hydrogen-bond donors (Lipinski definition) is 1. The number of aromatic nitrogens is 3. The molecule has 212 valence electrons. The molecule has 0 saturated heterocycles. The Morgan fingerprint density at radius 3 is 2.52 bits per heavy atom. The van der Waals surface area contributed by atoms with Crippen molar-refractivity contribution in [2.45, 2.75) is 13.8 Å². The maximum atomic E-state index is 13.5. The van der Waals surface area contributed by atoms with Crippen LogP contribution in [0.25, 0.3) is 32.7 Å². The largest absolute Gasteiger partial charge is 0.496 e. The number of pyridine rings is 2. The van der Waals surface area contributed by atoms with Crippen molar-refractivity contribution in [2.24, 2.45) is 0 Å². The van der Waals surface area contributed by atoms with Gasteiger partial charge in [-0.1, -0.05) is 17.4 Å². The minimum Gasteiger partial charge on any atom is -0.496 e. The normalized spacial score (nSPS) is 11.2. The molecule has 12 heteroatoms. The number of rotatable bonds is 7. The molecule has 0 radical (unpaired) electrons. The fourth-order valence-corrected chi connectivity index (χ4v) is 5.89. The minimum absolute atomic E-state index is 0.302. The summed E-state index contributed by atoms with van der Waals surface area (Å²) in [5, 5.41) is 12.7. The summed E-state index contributed by atoms with van der Waals surface area (Å²) in [5.41, 5.74) is 6.14. The number of amides is 1. The molecule has 0 aliphatic rings. The number of hydrogen-bond acceptors (Lipinski definition) is 9. The number of nitrogens with zero attached hydrogens (tertiary/aromatic N) is 5. The van der Waals surface area contributed by atoms with Gasteiger partial charge in [-0.15, -0.1) is 0 Å². The second-order valence-electron chi connectivity index (χ2n) is 9.62. The second kappa shape index (κ2) is 11.2. The Balaban J connectivity index is 1.45. The van der Waals surface area contributed by atoms with Crippen LogP contribution in [0.5, 0.6) is 5.75 Å². The Hall–Kier alpha value is -4.86. The summed E-state index contributed by atoms with van der Waals surface area (Å²) < 4.78 is 30.7. The Morgan fingerprint density at radius 1 is 1.05 bits per heavy atom. The number of benzene rings is 2. The molecule has 0 aliphatic heterocycles. The summed E-state index contributed by atoms with van der Waals surface area (Å²) in [6.07, 6.45) is 2.66. The van der Waals surface area contributed by atoms with E-state index in [0.29, 0.717) is 60.6 Å². The number of fused-ring (bicyclic) bond motifs is 1. The molecule has 0 aliphatic carbocycles. The van der Waals surface area contributed by atoms with Crippen molar-refractivity contribution in [3.8, 4) is 34.2 Å². The highest BCUT2D eigenvalue weighted by Crippen LogP contribution is 2.35. The molecule has 0 unspecified atom stereocenters. The molecule has 1 amide bonds. The molecule has 0 atom stereocenters. The topological polar surface area (TPSA) is 138 Å². The van der Waals surface area contributed by atoms with E-state index in [9.17, 15) is 18.5 Å². The predicted octanol–water partition coefficient (Wildman–Crippen LogP) is 5.57. The fourth-order valence-electron chi connectivity index (χ4n) is 4.49. The molecule has 0 spiro atoms. The molecule has 0 fully saturated rings. The van der Waals surface area contributed by atoms with E-state index >= 15 is 0 Å². The lowest BCUT2D eigenvalue weighted by Gasteiger charge is -2.19. The first-order valence-corrected chi connectivity index (χ1v) is 15.3. The highest BCUT2D eigenvalue weighted by Gasteiger charge is 2.20. The van der Waals surface area contributed by atoms with Crippen molar-refractivity contribution in [2.75, 3.05) is 30.0 Å². The van der Waals surface area contributed by atoms with E-state index in [-0.39, 0.29) is 0 Å². The number of methoxy groups -OCH3 is 1. The molecule has 3 aromatic heterocycles. The lowest BCUT2D eigenvalue weighted by Crippen LogP contribution is -2.25. The number of ether oxygens (including phenoxy) is 1. The lowest BCUT2D eigenvalue weighted by atomic mass is 9.97. The Kier molecular flexibility index (Phi) is 7.64. The molecule has 0 bridgehead atoms. The van der Waals surface area contributed by atoms with Crippen molar-refractivity contribution in [3.05, 3.63) is 83.2 Å². The second-order valence-corrected chi connectivity index (χ2v) is 12.6. The number of nitrogens with one attached hydrogen (secondary N) is 1. The monoisotopic (exact) mass is 598 g/mol. The van der Waals surface area contributed by atoms with E-state index in [1.54, 1.807) is 30.3 Å². The quantitative estimate of drug-likeness (QED) is 0.257. The molecule has 0 saturated carbocycles. The molecule has 10 nitrogen and oxygen atoms in total. The van der Waals surface area contributed by atoms with Gasteiger partial charge in [0.05, 0.1) is 41.9 Å². The summed E-state index contributed by atoms with van der Waals surface area (Å²) in [5.74, 6) is 0.110. The molecule has 5 rings (SSSR count). The Labute approximate surface area is 247 Å². The van der Waals surface area contributed by atoms with Crippen LogP contribution in [-0.2, 0) is 10.0 Å². The number of thiazole rings is 1. The van der Waals surface area contributed by atoms with Crippen LogP contribution in [0.1, 0.15) is 27.2 Å². The number of anilines is 2. The maximum absolute atomic E-state index is 13.5. The lowest BCUT2D eigenvalue weighted by molar-refractivity contribution is 0.102. The van der Waals surface area contributed by atoms with Crippen molar-refractivity contribution >= 4 is 48.4 Å². The molecule has 5 aromatic rings. The van der Waals surface area contributed by atoms with E-state index in [2.05, 4.69) is 21.4 Å². The van der Waals surface area contributed by atoms with Gasteiger partial charge >= 0.3 is 0 Å². The third-order valence-electron chi connectivity index (χ3n) is 6.71. The summed E-state index contributed by atoms with van der Waals surface area (Å²) in [4.78, 5) is 27.7. The number of aryl methyl sites for hydroxylation is 2. The molecule has 2 aromatic carbocycles. The van der Waals surface area contributed by atoms with E-state index in [4.69, 9.17) is 9.72 Å². The number of nitriles is 1. The van der Waals surface area contributed by atoms with E-state index in [0.717, 1.165) is 17.4 Å². The molecule has 42 heavy (non-hydrogen) atoms. The zero-order valence-electron chi connectivity index (χ0n) is 23.5. The van der Waals surface area contributed by atoms with Crippen molar-refractivity contribution in [1.82, 2.24) is 15.0 Å². The van der Waals surface area contributed by atoms with Gasteiger partial charge in [0.1, 0.15) is 16.1 Å². The standard InChI is InChI=1S/C30H26N6O4S2/c1-17-12-20(7-10-26(17)36(3)42(5,38)39)24-8-9-25-29(33-24)41-30(34-25)35-28(37)23-16-32-18(2)13-21(23)22-14-19(15-31)6-11-27(22)40-4/h6-14,16H,1-5H3,(H,34,35,37). The zero-order chi connectivity index (χ0) is 30.2. The van der Waals surface area contributed by atoms with Gasteiger partial charge in [0.15, 0.2) is 5.13 Å². The van der Waals surface area contributed by atoms with Crippen LogP contribution < -0.4 is 14.4 Å². The highest BCUT2D eigenvalue weighted by molar-refractivity contribution is 7.92.